The lowest BCUT2D eigenvalue weighted by molar-refractivity contribution is 0.0760. The third-order valence-corrected chi connectivity index (χ3v) is 4.57. The maximum atomic E-state index is 12.9. The summed E-state index contributed by atoms with van der Waals surface area (Å²) in [5.74, 6) is 1.05. The predicted molar refractivity (Wildman–Crippen MR) is 93.4 cm³/mol. The summed E-state index contributed by atoms with van der Waals surface area (Å²) in [6.07, 6.45) is 6.27. The fourth-order valence-electron chi connectivity index (χ4n) is 3.08. The first-order valence-electron chi connectivity index (χ1n) is 8.49. The molecule has 3 aromatic heterocycles. The Balaban J connectivity index is 1.59. The van der Waals surface area contributed by atoms with Crippen LogP contribution in [0.2, 0.25) is 0 Å². The summed E-state index contributed by atoms with van der Waals surface area (Å²) in [6.45, 7) is 3.18. The molecule has 3 aromatic rings. The Labute approximate surface area is 149 Å². The van der Waals surface area contributed by atoms with Crippen molar-refractivity contribution in [2.45, 2.75) is 19.8 Å². The number of aliphatic hydroxyl groups excluding tert-OH is 1. The van der Waals surface area contributed by atoms with Crippen molar-refractivity contribution < 1.29 is 14.3 Å². The van der Waals surface area contributed by atoms with Crippen LogP contribution in [0.4, 0.5) is 0 Å². The molecule has 8 nitrogen and oxygen atoms in total. The molecule has 1 N–H and O–H groups in total. The van der Waals surface area contributed by atoms with Crippen LogP contribution in [0.3, 0.4) is 0 Å². The van der Waals surface area contributed by atoms with Gasteiger partial charge in [0.15, 0.2) is 0 Å². The van der Waals surface area contributed by atoms with Crippen molar-refractivity contribution in [1.82, 2.24) is 24.5 Å². The van der Waals surface area contributed by atoms with Crippen molar-refractivity contribution >= 4 is 17.3 Å². The number of hydrogen-bond donors (Lipinski definition) is 1. The molecule has 4 rings (SSSR count). The Morgan fingerprint density at radius 1 is 1.42 bits per heavy atom. The van der Waals surface area contributed by atoms with Gasteiger partial charge in [0.2, 0.25) is 5.82 Å². The smallest absolute Gasteiger partial charge is 0.293 e. The van der Waals surface area contributed by atoms with Crippen molar-refractivity contribution in [2.24, 2.45) is 0 Å². The fourth-order valence-corrected chi connectivity index (χ4v) is 3.08. The summed E-state index contributed by atoms with van der Waals surface area (Å²) in [7, 11) is 0. The fraction of sp³-hybridized carbons (Fsp3) is 0.333. The van der Waals surface area contributed by atoms with Gasteiger partial charge in [-0.25, -0.2) is 9.50 Å². The van der Waals surface area contributed by atoms with Crippen LogP contribution in [-0.4, -0.2) is 55.2 Å². The van der Waals surface area contributed by atoms with Crippen LogP contribution >= 0.6 is 0 Å². The van der Waals surface area contributed by atoms with Gasteiger partial charge in [0.05, 0.1) is 6.26 Å². The van der Waals surface area contributed by atoms with E-state index in [2.05, 4.69) is 22.0 Å². The largest absolute Gasteiger partial charge is 0.465 e. The van der Waals surface area contributed by atoms with Crippen LogP contribution in [0.15, 0.2) is 40.8 Å². The second kappa shape index (κ2) is 6.72. The monoisotopic (exact) mass is 353 g/mol. The average molecular weight is 353 g/mol. The van der Waals surface area contributed by atoms with Gasteiger partial charge in [0.25, 0.3) is 11.7 Å². The van der Waals surface area contributed by atoms with Gasteiger partial charge in [-0.05, 0) is 37.5 Å². The van der Waals surface area contributed by atoms with E-state index < -0.39 is 0 Å². The van der Waals surface area contributed by atoms with Crippen LogP contribution in [0.5, 0.6) is 0 Å². The Kier molecular flexibility index (Phi) is 4.26. The summed E-state index contributed by atoms with van der Waals surface area (Å²) in [6, 6.07) is 3.75. The average Bonchev–Trinajstić information content (AvgIpc) is 3.31. The van der Waals surface area contributed by atoms with E-state index in [1.165, 1.54) is 10.1 Å². The minimum absolute atomic E-state index is 0.0304. The van der Waals surface area contributed by atoms with Gasteiger partial charge in [0.1, 0.15) is 5.76 Å². The van der Waals surface area contributed by atoms with Gasteiger partial charge in [-0.15, -0.1) is 5.10 Å². The molecule has 0 spiro atoms. The number of rotatable bonds is 4. The highest BCUT2D eigenvalue weighted by atomic mass is 16.3. The zero-order valence-electron chi connectivity index (χ0n) is 14.4. The highest BCUT2D eigenvalue weighted by Crippen LogP contribution is 2.27. The molecule has 8 heteroatoms. The second-order valence-corrected chi connectivity index (χ2v) is 6.33. The normalized spacial score (nSPS) is 15.1. The van der Waals surface area contributed by atoms with Gasteiger partial charge in [-0.3, -0.25) is 4.79 Å². The Morgan fingerprint density at radius 2 is 2.31 bits per heavy atom. The lowest BCUT2D eigenvalue weighted by atomic mass is 9.99. The summed E-state index contributed by atoms with van der Waals surface area (Å²) in [5, 5.41) is 13.3. The van der Waals surface area contributed by atoms with Crippen molar-refractivity contribution in [2.75, 3.05) is 19.7 Å². The zero-order chi connectivity index (χ0) is 18.1. The second-order valence-electron chi connectivity index (χ2n) is 6.33. The zero-order valence-corrected chi connectivity index (χ0v) is 14.4. The van der Waals surface area contributed by atoms with Crippen molar-refractivity contribution in [3.8, 4) is 0 Å². The minimum atomic E-state index is -0.226. The van der Waals surface area contributed by atoms with E-state index >= 15 is 0 Å². The van der Waals surface area contributed by atoms with Crippen LogP contribution in [0.1, 0.15) is 35.3 Å². The quantitative estimate of drug-likeness (QED) is 0.765. The summed E-state index contributed by atoms with van der Waals surface area (Å²) < 4.78 is 6.98. The lowest BCUT2D eigenvalue weighted by Crippen LogP contribution is -2.37. The maximum absolute atomic E-state index is 12.9. The number of nitrogens with zero attached hydrogens (tertiary/aromatic N) is 5. The van der Waals surface area contributed by atoms with E-state index in [9.17, 15) is 4.79 Å². The number of aromatic nitrogens is 4. The summed E-state index contributed by atoms with van der Waals surface area (Å²) >= 11 is 0. The van der Waals surface area contributed by atoms with Gasteiger partial charge in [0, 0.05) is 37.7 Å². The molecule has 1 aliphatic heterocycles. The number of furan rings is 1. The molecule has 1 aliphatic rings. The molecule has 0 atom stereocenters. The van der Waals surface area contributed by atoms with Gasteiger partial charge in [-0.1, -0.05) is 5.57 Å². The number of carbonyl (C=O) groups excluding carboxylic acids is 1. The van der Waals surface area contributed by atoms with E-state index in [1.54, 1.807) is 23.6 Å². The summed E-state index contributed by atoms with van der Waals surface area (Å²) in [5.41, 5.74) is 3.09. The first-order chi connectivity index (χ1) is 12.7. The van der Waals surface area contributed by atoms with Crippen molar-refractivity contribution in [1.29, 1.82) is 0 Å². The number of amides is 1. The molecule has 26 heavy (non-hydrogen) atoms. The Hall–Kier alpha value is -3.00. The molecule has 0 fully saturated rings. The van der Waals surface area contributed by atoms with Crippen LogP contribution in [0, 0.1) is 0 Å². The van der Waals surface area contributed by atoms with Crippen LogP contribution < -0.4 is 0 Å². The van der Waals surface area contributed by atoms with E-state index in [1.807, 2.05) is 12.1 Å². The first-order valence-corrected chi connectivity index (χ1v) is 8.49. The number of hydrogen-bond acceptors (Lipinski definition) is 6. The lowest BCUT2D eigenvalue weighted by Gasteiger charge is -2.28. The number of aliphatic hydroxyl groups is 1. The van der Waals surface area contributed by atoms with E-state index in [4.69, 9.17) is 9.52 Å². The highest BCUT2D eigenvalue weighted by molar-refractivity contribution is 5.92. The van der Waals surface area contributed by atoms with Gasteiger partial charge in [-0.2, -0.15) is 4.98 Å². The van der Waals surface area contributed by atoms with E-state index in [0.29, 0.717) is 25.3 Å². The number of fused-ring (bicyclic) bond motifs is 1. The molecule has 1 amide bonds. The maximum Gasteiger partial charge on any atom is 0.293 e. The molecule has 0 unspecified atom stereocenters. The predicted octanol–water partition coefficient (Wildman–Crippen LogP) is 1.57. The van der Waals surface area contributed by atoms with Crippen molar-refractivity contribution in [3.05, 3.63) is 53.5 Å². The summed E-state index contributed by atoms with van der Waals surface area (Å²) in [4.78, 5) is 23.0. The van der Waals surface area contributed by atoms with Crippen LogP contribution in [0.25, 0.3) is 11.4 Å². The molecule has 0 aromatic carbocycles. The molecular weight excluding hydrogens is 334 g/mol. The molecule has 0 radical (unpaired) electrons. The Morgan fingerprint density at radius 3 is 3.08 bits per heavy atom. The minimum Gasteiger partial charge on any atom is -0.465 e. The van der Waals surface area contributed by atoms with E-state index in [-0.39, 0.29) is 18.3 Å². The molecule has 0 aliphatic carbocycles. The first kappa shape index (κ1) is 16.5. The molecular formula is C18H19N5O3. The van der Waals surface area contributed by atoms with Gasteiger partial charge >= 0.3 is 0 Å². The molecule has 4 heterocycles. The molecule has 134 valence electrons. The SMILES string of the molecule is CC1=C(c2ccco2)CN(C(=O)c2nc3ncc(CCO)cn3n2)CC1. The van der Waals surface area contributed by atoms with E-state index in [0.717, 1.165) is 23.3 Å². The molecule has 0 saturated heterocycles. The van der Waals surface area contributed by atoms with Crippen LogP contribution in [-0.2, 0) is 6.42 Å². The Bertz CT molecular complexity index is 974. The standard InChI is InChI=1S/C18H19N5O3/c1-12-4-6-22(11-14(12)15-3-2-8-26-15)17(25)16-20-18-19-9-13(5-7-24)10-23(18)21-16/h2-3,8-10,24H,4-7,11H2,1H3. The molecule has 0 bridgehead atoms. The molecule has 0 saturated carbocycles. The highest BCUT2D eigenvalue weighted by Gasteiger charge is 2.26. The van der Waals surface area contributed by atoms with Gasteiger partial charge < -0.3 is 14.4 Å². The third-order valence-electron chi connectivity index (χ3n) is 4.57. The number of carbonyl (C=O) groups is 1. The van der Waals surface area contributed by atoms with Crippen molar-refractivity contribution in [3.63, 3.8) is 0 Å². The topological polar surface area (TPSA) is 96.8 Å². The third kappa shape index (κ3) is 2.99.